The zero-order valence-electron chi connectivity index (χ0n) is 11.5. The van der Waals surface area contributed by atoms with E-state index in [2.05, 4.69) is 0 Å². The van der Waals surface area contributed by atoms with E-state index in [0.29, 0.717) is 5.76 Å². The van der Waals surface area contributed by atoms with E-state index in [4.69, 9.17) is 4.42 Å². The highest BCUT2D eigenvalue weighted by atomic mass is 16.4. The van der Waals surface area contributed by atoms with Gasteiger partial charge >= 0.3 is 0 Å². The van der Waals surface area contributed by atoms with E-state index in [1.54, 1.807) is 0 Å². The second-order valence-corrected chi connectivity index (χ2v) is 4.79. The first-order valence-corrected chi connectivity index (χ1v) is 6.69. The molecule has 0 aliphatic heterocycles. The van der Waals surface area contributed by atoms with Crippen molar-refractivity contribution in [1.82, 2.24) is 0 Å². The van der Waals surface area contributed by atoms with Gasteiger partial charge in [0.25, 0.3) is 0 Å². The summed E-state index contributed by atoms with van der Waals surface area (Å²) >= 11 is 0. The number of hydrogen-bond acceptors (Lipinski definition) is 4. The van der Waals surface area contributed by atoms with Crippen molar-refractivity contribution in [1.29, 1.82) is 0 Å². The maximum atomic E-state index is 12.2. The molecule has 4 heteroatoms. The minimum absolute atomic E-state index is 0.00315. The maximum absolute atomic E-state index is 12.2. The van der Waals surface area contributed by atoms with E-state index in [-0.39, 0.29) is 27.9 Å². The smallest absolute Gasteiger partial charge is 0.197 e. The first kappa shape index (κ1) is 13.2. The topological polar surface area (TPSA) is 70.7 Å². The molecule has 0 saturated heterocycles. The van der Waals surface area contributed by atoms with Crippen molar-refractivity contribution < 1.29 is 14.6 Å². The second kappa shape index (κ2) is 4.98. The van der Waals surface area contributed by atoms with Gasteiger partial charge < -0.3 is 14.6 Å². The monoisotopic (exact) mass is 282 g/mol. The summed E-state index contributed by atoms with van der Waals surface area (Å²) in [6.07, 6.45) is 0.796. The Morgan fingerprint density at radius 3 is 2.52 bits per heavy atom. The molecule has 1 heterocycles. The van der Waals surface area contributed by atoms with Crippen LogP contribution in [-0.4, -0.2) is 10.2 Å². The molecule has 106 valence electrons. The van der Waals surface area contributed by atoms with Crippen molar-refractivity contribution in [3.05, 3.63) is 58.3 Å². The fraction of sp³-hybridized carbons (Fsp3) is 0.118. The number of aromatic hydroxyl groups is 2. The number of phenols is 2. The molecule has 3 rings (SSSR count). The maximum Gasteiger partial charge on any atom is 0.197 e. The Kier molecular flexibility index (Phi) is 3.14. The highest BCUT2D eigenvalue weighted by Gasteiger charge is 2.14. The summed E-state index contributed by atoms with van der Waals surface area (Å²) in [7, 11) is 0. The van der Waals surface area contributed by atoms with Crippen molar-refractivity contribution in [3.63, 3.8) is 0 Å². The molecule has 0 saturated carbocycles. The van der Waals surface area contributed by atoms with Crippen LogP contribution >= 0.6 is 0 Å². The molecule has 0 radical (unpaired) electrons. The average Bonchev–Trinajstić information content (AvgIpc) is 2.50. The van der Waals surface area contributed by atoms with Gasteiger partial charge in [-0.25, -0.2) is 0 Å². The van der Waals surface area contributed by atoms with Crippen LogP contribution < -0.4 is 5.43 Å². The largest absolute Gasteiger partial charge is 0.507 e. The number of fused-ring (bicyclic) bond motifs is 1. The molecule has 2 N–H and O–H groups in total. The molecule has 0 aliphatic carbocycles. The van der Waals surface area contributed by atoms with Crippen LogP contribution in [0, 0.1) is 0 Å². The van der Waals surface area contributed by atoms with E-state index < -0.39 is 0 Å². The molecule has 3 aromatic rings. The number of aryl methyl sites for hydroxylation is 1. The quantitative estimate of drug-likeness (QED) is 0.706. The van der Waals surface area contributed by atoms with Crippen LogP contribution in [0.25, 0.3) is 22.3 Å². The summed E-state index contributed by atoms with van der Waals surface area (Å²) in [5.41, 5.74) is 1.47. The molecular formula is C17H14O4. The lowest BCUT2D eigenvalue weighted by atomic mass is 10.0. The standard InChI is InChI=1S/C17H14O4/c1-2-10-5-3-4-6-11(10)15-9-14(20)16-12(18)7-8-13(19)17(16)21-15/h3-9,18-19H,2H2,1H3. The number of hydrogen-bond donors (Lipinski definition) is 2. The minimum Gasteiger partial charge on any atom is -0.507 e. The normalized spacial score (nSPS) is 10.9. The lowest BCUT2D eigenvalue weighted by Crippen LogP contribution is -2.01. The van der Waals surface area contributed by atoms with E-state index in [1.807, 2.05) is 31.2 Å². The molecule has 0 aliphatic rings. The molecule has 0 amide bonds. The Balaban J connectivity index is 2.36. The average molecular weight is 282 g/mol. The molecular weight excluding hydrogens is 268 g/mol. The predicted molar refractivity (Wildman–Crippen MR) is 80.6 cm³/mol. The summed E-state index contributed by atoms with van der Waals surface area (Å²) in [5, 5.41) is 19.6. The Morgan fingerprint density at radius 1 is 1.05 bits per heavy atom. The van der Waals surface area contributed by atoms with Gasteiger partial charge in [0.1, 0.15) is 16.9 Å². The lowest BCUT2D eigenvalue weighted by Gasteiger charge is -2.09. The van der Waals surface area contributed by atoms with E-state index in [1.165, 1.54) is 18.2 Å². The third-order valence-electron chi connectivity index (χ3n) is 3.50. The van der Waals surface area contributed by atoms with E-state index in [9.17, 15) is 15.0 Å². The number of phenolic OH excluding ortho intramolecular Hbond substituents is 2. The van der Waals surface area contributed by atoms with E-state index >= 15 is 0 Å². The molecule has 4 nitrogen and oxygen atoms in total. The molecule has 2 aromatic carbocycles. The van der Waals surface area contributed by atoms with Crippen molar-refractivity contribution in [2.75, 3.05) is 0 Å². The Bertz CT molecular complexity index is 878. The van der Waals surface area contributed by atoms with Crippen molar-refractivity contribution in [3.8, 4) is 22.8 Å². The van der Waals surface area contributed by atoms with Crippen LogP contribution in [0.2, 0.25) is 0 Å². The third-order valence-corrected chi connectivity index (χ3v) is 3.50. The Morgan fingerprint density at radius 2 is 1.76 bits per heavy atom. The highest BCUT2D eigenvalue weighted by Crippen LogP contribution is 2.33. The van der Waals surface area contributed by atoms with E-state index in [0.717, 1.165) is 17.5 Å². The SMILES string of the molecule is CCc1ccccc1-c1cc(=O)c2c(O)ccc(O)c2o1. The van der Waals surface area contributed by atoms with Gasteiger partial charge in [-0.1, -0.05) is 31.2 Å². The molecule has 21 heavy (non-hydrogen) atoms. The molecule has 0 fully saturated rings. The molecule has 0 bridgehead atoms. The van der Waals surface area contributed by atoms with Crippen LogP contribution in [0.3, 0.4) is 0 Å². The molecule has 0 atom stereocenters. The highest BCUT2D eigenvalue weighted by molar-refractivity contribution is 5.89. The first-order valence-electron chi connectivity index (χ1n) is 6.69. The van der Waals surface area contributed by atoms with Crippen LogP contribution in [0.4, 0.5) is 0 Å². The van der Waals surface area contributed by atoms with Gasteiger partial charge in [-0.15, -0.1) is 0 Å². The summed E-state index contributed by atoms with van der Waals surface area (Å²) in [4.78, 5) is 12.2. The summed E-state index contributed by atoms with van der Waals surface area (Å²) < 4.78 is 5.67. The van der Waals surface area contributed by atoms with Gasteiger partial charge in [0.2, 0.25) is 0 Å². The molecule has 1 aromatic heterocycles. The van der Waals surface area contributed by atoms with Crippen molar-refractivity contribution >= 4 is 11.0 Å². The van der Waals surface area contributed by atoms with Crippen LogP contribution in [0.15, 0.2) is 51.7 Å². The fourth-order valence-electron chi connectivity index (χ4n) is 2.44. The summed E-state index contributed by atoms with van der Waals surface area (Å²) in [5.74, 6) is 0.00783. The van der Waals surface area contributed by atoms with Gasteiger partial charge in [0, 0.05) is 11.6 Å². The second-order valence-electron chi connectivity index (χ2n) is 4.79. The predicted octanol–water partition coefficient (Wildman–Crippen LogP) is 3.43. The first-order chi connectivity index (χ1) is 10.1. The fourth-order valence-corrected chi connectivity index (χ4v) is 2.44. The zero-order valence-corrected chi connectivity index (χ0v) is 11.5. The summed E-state index contributed by atoms with van der Waals surface area (Å²) in [6.45, 7) is 2.02. The number of rotatable bonds is 2. The third kappa shape index (κ3) is 2.14. The Labute approximate surface area is 120 Å². The van der Waals surface area contributed by atoms with Crippen LogP contribution in [0.1, 0.15) is 12.5 Å². The van der Waals surface area contributed by atoms with Crippen LogP contribution in [-0.2, 0) is 6.42 Å². The Hall–Kier alpha value is -2.75. The van der Waals surface area contributed by atoms with Gasteiger partial charge in [-0.2, -0.15) is 0 Å². The molecule has 0 unspecified atom stereocenters. The lowest BCUT2D eigenvalue weighted by molar-refractivity contribution is 0.455. The van der Waals surface area contributed by atoms with Gasteiger partial charge in [-0.05, 0) is 24.1 Å². The number of benzene rings is 2. The van der Waals surface area contributed by atoms with Gasteiger partial charge in [-0.3, -0.25) is 4.79 Å². The zero-order chi connectivity index (χ0) is 15.0. The van der Waals surface area contributed by atoms with Crippen molar-refractivity contribution in [2.45, 2.75) is 13.3 Å². The molecule has 0 spiro atoms. The van der Waals surface area contributed by atoms with Crippen LogP contribution in [0.5, 0.6) is 11.5 Å². The minimum atomic E-state index is -0.384. The van der Waals surface area contributed by atoms with Gasteiger partial charge in [0.15, 0.2) is 16.8 Å². The van der Waals surface area contributed by atoms with Crippen molar-refractivity contribution in [2.24, 2.45) is 0 Å². The summed E-state index contributed by atoms with van der Waals surface area (Å²) in [6, 6.07) is 11.5. The van der Waals surface area contributed by atoms with Gasteiger partial charge in [0.05, 0.1) is 0 Å².